The van der Waals surface area contributed by atoms with E-state index in [1.165, 1.54) is 11.8 Å². The number of benzene rings is 2. The number of nitrogens with two attached hydrogens (primary N) is 1. The summed E-state index contributed by atoms with van der Waals surface area (Å²) in [5.41, 5.74) is 7.04. The van der Waals surface area contributed by atoms with E-state index >= 15 is 0 Å². The summed E-state index contributed by atoms with van der Waals surface area (Å²) in [6.07, 6.45) is 4.76. The van der Waals surface area contributed by atoms with Crippen LogP contribution in [0.4, 0.5) is 0 Å². The van der Waals surface area contributed by atoms with Crippen LogP contribution < -0.4 is 15.2 Å². The van der Waals surface area contributed by atoms with Crippen LogP contribution in [0.15, 0.2) is 55.1 Å². The molecule has 0 heterocycles. The van der Waals surface area contributed by atoms with E-state index in [-0.39, 0.29) is 27.9 Å². The third-order valence-corrected chi connectivity index (χ3v) is 5.00. The Kier molecular flexibility index (Phi) is 11.9. The van der Waals surface area contributed by atoms with Crippen molar-refractivity contribution in [2.45, 2.75) is 32.6 Å². The molecule has 162 valence electrons. The van der Waals surface area contributed by atoms with Gasteiger partial charge in [-0.3, -0.25) is 10.2 Å². The molecule has 0 fully saturated rings. The van der Waals surface area contributed by atoms with E-state index in [0.717, 1.165) is 24.2 Å². The number of thioether (sulfide) groups is 1. The van der Waals surface area contributed by atoms with E-state index in [2.05, 4.69) is 6.58 Å². The van der Waals surface area contributed by atoms with Crippen LogP contribution >= 0.6 is 28.7 Å². The van der Waals surface area contributed by atoms with Gasteiger partial charge in [0, 0.05) is 23.3 Å². The number of ether oxygens (including phenoxy) is 2. The molecule has 0 saturated carbocycles. The molecule has 0 aliphatic rings. The summed E-state index contributed by atoms with van der Waals surface area (Å²) >= 11 is 1.34. The monoisotopic (exact) mass is 492 g/mol. The number of hydrogen-bond acceptors (Lipinski definition) is 5. The number of halogens is 1. The lowest BCUT2D eigenvalue weighted by atomic mass is 10.1. The van der Waals surface area contributed by atoms with Crippen molar-refractivity contribution in [3.8, 4) is 17.2 Å². The first-order chi connectivity index (χ1) is 14.0. The molecule has 0 aliphatic carbocycles. The van der Waals surface area contributed by atoms with Crippen LogP contribution in [0.1, 0.15) is 42.1 Å². The molecule has 0 aliphatic heterocycles. The second-order valence-corrected chi connectivity index (χ2v) is 7.55. The molecule has 2 rings (SSSR count). The van der Waals surface area contributed by atoms with Crippen LogP contribution in [0.25, 0.3) is 0 Å². The highest BCUT2D eigenvalue weighted by Gasteiger charge is 2.12. The second-order valence-electron chi connectivity index (χ2n) is 6.41. The summed E-state index contributed by atoms with van der Waals surface area (Å²) in [6.45, 7) is 6.22. The van der Waals surface area contributed by atoms with Gasteiger partial charge in [0.15, 0.2) is 22.4 Å². The summed E-state index contributed by atoms with van der Waals surface area (Å²) in [5.74, 6) is 2.91. The average Bonchev–Trinajstić information content (AvgIpc) is 2.72. The number of allylic oxidation sites excluding steroid dienone is 1. The first kappa shape index (κ1) is 25.8. The van der Waals surface area contributed by atoms with Crippen molar-refractivity contribution in [2.24, 2.45) is 5.73 Å². The van der Waals surface area contributed by atoms with Gasteiger partial charge in [-0.2, -0.15) is 0 Å². The van der Waals surface area contributed by atoms with Gasteiger partial charge >= 0.3 is 0 Å². The maximum absolute atomic E-state index is 11.8. The molecule has 0 atom stereocenters. The maximum Gasteiger partial charge on any atom is 0.169 e. The van der Waals surface area contributed by atoms with Gasteiger partial charge in [-0.25, -0.2) is 0 Å². The Morgan fingerprint density at radius 2 is 1.93 bits per heavy atom. The fourth-order valence-electron chi connectivity index (χ4n) is 2.72. The van der Waals surface area contributed by atoms with Gasteiger partial charge in [-0.15, -0.1) is 23.6 Å². The van der Waals surface area contributed by atoms with Gasteiger partial charge in [0.05, 0.1) is 6.61 Å². The number of ketones is 1. The fourth-order valence-corrected chi connectivity index (χ4v) is 3.29. The van der Waals surface area contributed by atoms with E-state index in [1.807, 2.05) is 31.2 Å². The topological polar surface area (TPSA) is 85.4 Å². The maximum atomic E-state index is 11.8. The lowest BCUT2D eigenvalue weighted by molar-refractivity contribution is 0.0988. The van der Waals surface area contributed by atoms with Crippen molar-refractivity contribution in [3.63, 3.8) is 0 Å². The average molecular weight is 493 g/mol. The van der Waals surface area contributed by atoms with Crippen LogP contribution in [0.5, 0.6) is 17.2 Å². The van der Waals surface area contributed by atoms with Crippen molar-refractivity contribution < 1.29 is 14.3 Å². The van der Waals surface area contributed by atoms with Crippen LogP contribution in [0.3, 0.4) is 0 Å². The number of para-hydroxylation sites is 1. The van der Waals surface area contributed by atoms with Gasteiger partial charge in [-0.1, -0.05) is 36.9 Å². The van der Waals surface area contributed by atoms with Gasteiger partial charge in [0.25, 0.3) is 0 Å². The van der Waals surface area contributed by atoms with E-state index in [1.54, 1.807) is 24.3 Å². The molecule has 0 spiro atoms. The largest absolute Gasteiger partial charge is 0.489 e. The smallest absolute Gasteiger partial charge is 0.169 e. The molecule has 0 saturated heterocycles. The van der Waals surface area contributed by atoms with Crippen molar-refractivity contribution in [1.29, 1.82) is 5.41 Å². The molecular weight excluding hydrogens is 464 g/mol. The minimum absolute atomic E-state index is 0. The number of carbonyl (C=O) groups is 1. The van der Waals surface area contributed by atoms with Gasteiger partial charge in [-0.05, 0) is 49.6 Å². The minimum atomic E-state index is 0. The number of rotatable bonds is 12. The molecule has 0 aromatic heterocycles. The zero-order chi connectivity index (χ0) is 21.1. The van der Waals surface area contributed by atoms with E-state index in [9.17, 15) is 4.79 Å². The Hall–Kier alpha value is -2.25. The molecule has 0 radical (unpaired) electrons. The predicted molar refractivity (Wildman–Crippen MR) is 131 cm³/mol. The highest BCUT2D eigenvalue weighted by Crippen LogP contribution is 2.35. The standard InChI is InChI=1S/C23H28N2O3S.BrH/c1-3-8-18-9-7-10-21(22(18)27-15-5-6-16-29-23(24)25)28-19-13-11-17(12-14-19)20(26)4-2;/h3,7,9-14H,1,4-6,8,15-16H2,2H3,(H3,24,25);1H. The molecule has 30 heavy (non-hydrogen) atoms. The molecule has 3 N–H and O–H groups in total. The Bertz CT molecular complexity index is 841. The molecule has 2 aromatic carbocycles. The lowest BCUT2D eigenvalue weighted by Gasteiger charge is -2.16. The van der Waals surface area contributed by atoms with Crippen molar-refractivity contribution in [2.75, 3.05) is 12.4 Å². The van der Waals surface area contributed by atoms with Gasteiger partial charge < -0.3 is 15.2 Å². The second kappa shape index (κ2) is 13.9. The molecule has 5 nitrogen and oxygen atoms in total. The van der Waals surface area contributed by atoms with Crippen LogP contribution in [0.2, 0.25) is 0 Å². The quantitative estimate of drug-likeness (QED) is 0.122. The molecule has 2 aromatic rings. The van der Waals surface area contributed by atoms with E-state index in [4.69, 9.17) is 20.6 Å². The molecular formula is C23H29BrN2O3S. The summed E-state index contributed by atoms with van der Waals surface area (Å²) < 4.78 is 12.1. The number of unbranched alkanes of at least 4 members (excludes halogenated alkanes) is 1. The number of amidine groups is 1. The minimum Gasteiger partial charge on any atom is -0.489 e. The third-order valence-electron chi connectivity index (χ3n) is 4.19. The Balaban J connectivity index is 0.00000450. The van der Waals surface area contributed by atoms with Crippen molar-refractivity contribution in [3.05, 3.63) is 66.2 Å². The summed E-state index contributed by atoms with van der Waals surface area (Å²) in [4.78, 5) is 11.8. The van der Waals surface area contributed by atoms with Crippen molar-refractivity contribution >= 4 is 39.7 Å². The van der Waals surface area contributed by atoms with E-state index < -0.39 is 0 Å². The lowest BCUT2D eigenvalue weighted by Crippen LogP contribution is -2.06. The first-order valence-electron chi connectivity index (χ1n) is 9.68. The summed E-state index contributed by atoms with van der Waals surface area (Å²) in [5, 5.41) is 7.37. The summed E-state index contributed by atoms with van der Waals surface area (Å²) in [7, 11) is 0. The molecule has 0 amide bonds. The zero-order valence-corrected chi connectivity index (χ0v) is 19.7. The highest BCUT2D eigenvalue weighted by atomic mass is 79.9. The number of carbonyl (C=O) groups excluding carboxylic acids is 1. The van der Waals surface area contributed by atoms with Crippen LogP contribution in [-0.4, -0.2) is 23.3 Å². The fraction of sp³-hybridized carbons (Fsp3) is 0.304. The van der Waals surface area contributed by atoms with Crippen LogP contribution in [0, 0.1) is 5.41 Å². The van der Waals surface area contributed by atoms with Gasteiger partial charge in [0.2, 0.25) is 0 Å². The third kappa shape index (κ3) is 8.24. The van der Waals surface area contributed by atoms with E-state index in [0.29, 0.717) is 42.3 Å². The first-order valence-corrected chi connectivity index (χ1v) is 10.7. The highest BCUT2D eigenvalue weighted by molar-refractivity contribution is 8.93. The zero-order valence-electron chi connectivity index (χ0n) is 17.2. The number of hydrogen-bond donors (Lipinski definition) is 2. The Morgan fingerprint density at radius 3 is 2.57 bits per heavy atom. The molecule has 0 unspecified atom stereocenters. The van der Waals surface area contributed by atoms with Gasteiger partial charge in [0.1, 0.15) is 5.75 Å². The predicted octanol–water partition coefficient (Wildman–Crippen LogP) is 6.16. The van der Waals surface area contributed by atoms with Crippen LogP contribution in [-0.2, 0) is 6.42 Å². The summed E-state index contributed by atoms with van der Waals surface area (Å²) in [6, 6.07) is 13.0. The number of Topliss-reactive ketones (excluding diaryl/α,β-unsaturated/α-hetero) is 1. The number of nitrogens with one attached hydrogen (secondary N) is 1. The molecule has 7 heteroatoms. The Labute approximate surface area is 193 Å². The SMILES string of the molecule is Br.C=CCc1cccc(Oc2ccc(C(=O)CC)cc2)c1OCCCCSC(=N)N. The van der Waals surface area contributed by atoms with Crippen molar-refractivity contribution in [1.82, 2.24) is 0 Å². The normalized spacial score (nSPS) is 10.0. The Morgan fingerprint density at radius 1 is 1.20 bits per heavy atom. The molecule has 0 bridgehead atoms.